The summed E-state index contributed by atoms with van der Waals surface area (Å²) in [5.74, 6) is 1.87. The Bertz CT molecular complexity index is 1530. The van der Waals surface area contributed by atoms with Crippen molar-refractivity contribution in [2.24, 2.45) is 0 Å². The van der Waals surface area contributed by atoms with Gasteiger partial charge in [-0.05, 0) is 91.9 Å². The maximum Gasteiger partial charge on any atom is 0.260 e. The molecule has 1 aliphatic heterocycles. The van der Waals surface area contributed by atoms with Crippen LogP contribution in [0.25, 0.3) is 0 Å². The first-order valence-corrected chi connectivity index (χ1v) is 16.1. The Morgan fingerprint density at radius 1 is 1.16 bits per heavy atom. The summed E-state index contributed by atoms with van der Waals surface area (Å²) in [6.07, 6.45) is 0.981. The van der Waals surface area contributed by atoms with Crippen LogP contribution in [-0.2, 0) is 9.59 Å². The Labute approximate surface area is 265 Å². The van der Waals surface area contributed by atoms with E-state index in [9.17, 15) is 9.59 Å². The third kappa shape index (κ3) is 7.01. The molecule has 0 saturated carbocycles. The molecule has 2 N–H and O–H groups in total. The van der Waals surface area contributed by atoms with E-state index in [0.29, 0.717) is 51.4 Å². The molecule has 1 aromatic heterocycles. The quantitative estimate of drug-likeness (QED) is 0.215. The van der Waals surface area contributed by atoms with Crippen molar-refractivity contribution in [3.8, 4) is 11.5 Å². The Hall–Kier alpha value is -3.51. The van der Waals surface area contributed by atoms with Crippen LogP contribution in [-0.4, -0.2) is 64.0 Å². The smallest absolute Gasteiger partial charge is 0.260 e. The van der Waals surface area contributed by atoms with Crippen LogP contribution in [0.1, 0.15) is 56.8 Å². The number of fused-ring (bicyclic) bond motifs is 1. The van der Waals surface area contributed by atoms with E-state index in [4.69, 9.17) is 19.6 Å². The van der Waals surface area contributed by atoms with E-state index in [1.807, 2.05) is 65.0 Å². The monoisotopic (exact) mass is 670 g/mol. The summed E-state index contributed by atoms with van der Waals surface area (Å²) in [6.45, 7) is 12.9. The minimum Gasteiger partial charge on any atom is -0.493 e. The summed E-state index contributed by atoms with van der Waals surface area (Å²) >= 11 is 5.20. The number of nitrogens with zero attached hydrogens (tertiary/aromatic N) is 4. The highest BCUT2D eigenvalue weighted by Crippen LogP contribution is 2.43. The molecule has 2 amide bonds. The number of thioether (sulfide) groups is 1. The van der Waals surface area contributed by atoms with Gasteiger partial charge in [0, 0.05) is 30.2 Å². The summed E-state index contributed by atoms with van der Waals surface area (Å²) in [7, 11) is 1.54. The normalized spacial score (nSPS) is 14.2. The molecule has 0 saturated heterocycles. The zero-order valence-corrected chi connectivity index (χ0v) is 28.1. The zero-order valence-electron chi connectivity index (χ0n) is 25.7. The van der Waals surface area contributed by atoms with Gasteiger partial charge in [0.15, 0.2) is 18.1 Å². The van der Waals surface area contributed by atoms with Crippen molar-refractivity contribution in [1.29, 1.82) is 0 Å². The number of rotatable bonds is 12. The van der Waals surface area contributed by atoms with E-state index in [0.717, 1.165) is 34.6 Å². The number of anilines is 2. The predicted molar refractivity (Wildman–Crippen MR) is 174 cm³/mol. The van der Waals surface area contributed by atoms with E-state index < -0.39 is 6.04 Å². The molecule has 43 heavy (non-hydrogen) atoms. The van der Waals surface area contributed by atoms with Crippen molar-refractivity contribution in [2.75, 3.05) is 43.2 Å². The fourth-order valence-electron chi connectivity index (χ4n) is 4.90. The Balaban J connectivity index is 1.77. The number of halogens is 1. The van der Waals surface area contributed by atoms with Gasteiger partial charge in [0.1, 0.15) is 6.04 Å². The molecule has 10 nitrogen and oxygen atoms in total. The number of hydrogen-bond donors (Lipinski definition) is 2. The molecule has 1 unspecified atom stereocenters. The van der Waals surface area contributed by atoms with Crippen molar-refractivity contribution in [3.05, 3.63) is 62.8 Å². The molecule has 1 atom stereocenters. The summed E-state index contributed by atoms with van der Waals surface area (Å²) in [4.78, 5) is 33.1. The fraction of sp³-hybridized carbons (Fsp3) is 0.419. The molecule has 2 heterocycles. The van der Waals surface area contributed by atoms with Gasteiger partial charge in [-0.25, -0.2) is 4.68 Å². The number of carbonyl (C=O) groups is 2. The van der Waals surface area contributed by atoms with Crippen LogP contribution in [0.15, 0.2) is 51.2 Å². The fourth-order valence-corrected chi connectivity index (χ4v) is 6.16. The first-order valence-electron chi connectivity index (χ1n) is 14.4. The number of ether oxygens (including phenoxy) is 2. The van der Waals surface area contributed by atoms with Crippen LogP contribution in [0, 0.1) is 13.8 Å². The first-order chi connectivity index (χ1) is 20.6. The minimum atomic E-state index is -0.624. The number of carbonyl (C=O) groups excluding carboxylic acids is 2. The van der Waals surface area contributed by atoms with Crippen molar-refractivity contribution < 1.29 is 19.1 Å². The molecule has 230 valence electrons. The number of hydrogen-bond acceptors (Lipinski definition) is 8. The highest BCUT2D eigenvalue weighted by atomic mass is 79.9. The number of amides is 2. The summed E-state index contributed by atoms with van der Waals surface area (Å²) in [5, 5.41) is 11.8. The minimum absolute atomic E-state index is 0.116. The number of benzene rings is 2. The Morgan fingerprint density at radius 2 is 1.91 bits per heavy atom. The zero-order chi connectivity index (χ0) is 31.3. The summed E-state index contributed by atoms with van der Waals surface area (Å²) in [6, 6.07) is 8.91. The van der Waals surface area contributed by atoms with Crippen LogP contribution in [0.3, 0.4) is 0 Å². The lowest BCUT2D eigenvalue weighted by Gasteiger charge is -2.29. The topological polar surface area (TPSA) is 111 Å². The number of methoxy groups -OCH3 is 1. The van der Waals surface area contributed by atoms with Crippen LogP contribution < -0.4 is 20.1 Å². The standard InChI is InChI=1S/C31H39BrN6O4S/c1-8-14-43-31-35-30-33-20(6)26(29(40)34-23-13-11-12-18(4)19(23)5)27(38(30)36-31)21-15-22(32)28(24(16-21)41-7)42-17-25(39)37(9-2)10-3/h11-13,15-16,27H,8-10,14,17H2,1-7H3,(H,34,40)(H,33,35,36). The maximum atomic E-state index is 14.0. The molecule has 0 spiro atoms. The molecule has 3 aromatic rings. The number of aromatic nitrogens is 3. The third-order valence-corrected chi connectivity index (χ3v) is 9.02. The molecule has 0 bridgehead atoms. The molecule has 0 fully saturated rings. The second-order valence-electron chi connectivity index (χ2n) is 10.2. The van der Waals surface area contributed by atoms with E-state index in [1.165, 1.54) is 0 Å². The highest BCUT2D eigenvalue weighted by molar-refractivity contribution is 9.10. The lowest BCUT2D eigenvalue weighted by molar-refractivity contribution is -0.133. The van der Waals surface area contributed by atoms with Gasteiger partial charge in [0.25, 0.3) is 11.8 Å². The number of aryl methyl sites for hydroxylation is 1. The number of nitrogens with one attached hydrogen (secondary N) is 2. The molecule has 0 aliphatic carbocycles. The van der Waals surface area contributed by atoms with Gasteiger partial charge in [0.2, 0.25) is 11.1 Å². The molecular weight excluding hydrogens is 632 g/mol. The maximum absolute atomic E-state index is 14.0. The van der Waals surface area contributed by atoms with Crippen molar-refractivity contribution in [2.45, 2.75) is 59.2 Å². The van der Waals surface area contributed by atoms with Crippen LogP contribution >= 0.6 is 27.7 Å². The van der Waals surface area contributed by atoms with E-state index in [1.54, 1.807) is 28.5 Å². The second-order valence-corrected chi connectivity index (χ2v) is 12.1. The predicted octanol–water partition coefficient (Wildman–Crippen LogP) is 6.34. The Morgan fingerprint density at radius 3 is 2.58 bits per heavy atom. The lowest BCUT2D eigenvalue weighted by Crippen LogP contribution is -2.34. The summed E-state index contributed by atoms with van der Waals surface area (Å²) < 4.78 is 14.0. The van der Waals surface area contributed by atoms with Gasteiger partial charge in [0.05, 0.1) is 17.2 Å². The number of likely N-dealkylation sites (N-methyl/N-ethyl adjacent to an activating group) is 1. The van der Waals surface area contributed by atoms with Gasteiger partial charge in [-0.3, -0.25) is 9.59 Å². The molecule has 12 heteroatoms. The van der Waals surface area contributed by atoms with E-state index in [-0.39, 0.29) is 18.4 Å². The van der Waals surface area contributed by atoms with E-state index in [2.05, 4.69) is 33.5 Å². The van der Waals surface area contributed by atoms with Crippen LogP contribution in [0.5, 0.6) is 11.5 Å². The van der Waals surface area contributed by atoms with Gasteiger partial charge in [-0.2, -0.15) is 4.98 Å². The van der Waals surface area contributed by atoms with Gasteiger partial charge in [-0.1, -0.05) is 30.8 Å². The number of allylic oxidation sites excluding steroid dienone is 1. The molecule has 0 radical (unpaired) electrons. The third-order valence-electron chi connectivity index (χ3n) is 7.39. The van der Waals surface area contributed by atoms with Gasteiger partial charge in [-0.15, -0.1) is 5.10 Å². The SMILES string of the molecule is CCCSc1nc2n(n1)C(c1cc(Br)c(OCC(=O)N(CC)CC)c(OC)c1)C(C(=O)Nc1cccc(C)c1C)=C(C)N2. The van der Waals surface area contributed by atoms with Gasteiger partial charge < -0.3 is 25.0 Å². The average Bonchev–Trinajstić information content (AvgIpc) is 3.39. The summed E-state index contributed by atoms with van der Waals surface area (Å²) in [5.41, 5.74) is 4.72. The van der Waals surface area contributed by atoms with E-state index >= 15 is 0 Å². The first kappa shape index (κ1) is 32.4. The van der Waals surface area contributed by atoms with Crippen LogP contribution in [0.4, 0.5) is 11.6 Å². The molecular formula is C31H39BrN6O4S. The average molecular weight is 672 g/mol. The molecule has 2 aromatic carbocycles. The molecule has 4 rings (SSSR count). The lowest BCUT2D eigenvalue weighted by atomic mass is 9.94. The largest absolute Gasteiger partial charge is 0.493 e. The highest BCUT2D eigenvalue weighted by Gasteiger charge is 2.35. The van der Waals surface area contributed by atoms with Crippen molar-refractivity contribution in [3.63, 3.8) is 0 Å². The van der Waals surface area contributed by atoms with Crippen LogP contribution in [0.2, 0.25) is 0 Å². The van der Waals surface area contributed by atoms with Crippen molar-refractivity contribution in [1.82, 2.24) is 19.7 Å². The molecule has 1 aliphatic rings. The van der Waals surface area contributed by atoms with Crippen molar-refractivity contribution >= 4 is 51.1 Å². The van der Waals surface area contributed by atoms with Gasteiger partial charge >= 0.3 is 0 Å². The Kier molecular flexibility index (Phi) is 10.8. The second kappa shape index (κ2) is 14.3.